The topological polar surface area (TPSA) is 72.1 Å². The Balaban J connectivity index is 1.92. The Morgan fingerprint density at radius 1 is 1.33 bits per heavy atom. The lowest BCUT2D eigenvalue weighted by atomic mass is 10.1. The van der Waals surface area contributed by atoms with Crippen LogP contribution in [0, 0.1) is 18.3 Å². The average molecular weight is 385 g/mol. The number of nitrogens with zero attached hydrogens (tertiary/aromatic N) is 2. The number of hydrogen-bond acceptors (Lipinski definition) is 5. The number of unbranched alkanes of at least 4 members (excludes halogenated alkanes) is 2. The molecule has 2 rings (SSSR count). The van der Waals surface area contributed by atoms with Crippen molar-refractivity contribution in [2.45, 2.75) is 38.0 Å². The van der Waals surface area contributed by atoms with E-state index >= 15 is 0 Å². The van der Waals surface area contributed by atoms with Crippen molar-refractivity contribution in [3.8, 4) is 6.07 Å². The van der Waals surface area contributed by atoms with Gasteiger partial charge in [-0.25, -0.2) is 4.79 Å². The summed E-state index contributed by atoms with van der Waals surface area (Å²) >= 11 is 1.73. The largest absolute Gasteiger partial charge is 0.462 e. The first-order valence-electron chi connectivity index (χ1n) is 8.85. The molecular formula is C21H24N2O3S. The first kappa shape index (κ1) is 20.8. The van der Waals surface area contributed by atoms with Crippen LogP contribution in [0.2, 0.25) is 0 Å². The van der Waals surface area contributed by atoms with Gasteiger partial charge in [0.1, 0.15) is 11.6 Å². The molecule has 5 nitrogen and oxygen atoms in total. The zero-order chi connectivity index (χ0) is 20.0. The van der Waals surface area contributed by atoms with Crippen LogP contribution in [0.3, 0.4) is 0 Å². The van der Waals surface area contributed by atoms with Crippen LogP contribution >= 0.6 is 11.8 Å². The number of aromatic nitrogens is 1. The van der Waals surface area contributed by atoms with Crippen LogP contribution in [-0.4, -0.2) is 22.9 Å². The molecule has 1 heterocycles. The van der Waals surface area contributed by atoms with Gasteiger partial charge >= 0.3 is 5.97 Å². The van der Waals surface area contributed by atoms with Gasteiger partial charge in [-0.3, -0.25) is 4.79 Å². The minimum atomic E-state index is -0.332. The van der Waals surface area contributed by atoms with Gasteiger partial charge in [-0.1, -0.05) is 12.6 Å². The molecule has 0 N–H and O–H groups in total. The minimum absolute atomic E-state index is 0.206. The van der Waals surface area contributed by atoms with Crippen LogP contribution in [-0.2, 0) is 16.6 Å². The second-order valence-electron chi connectivity index (χ2n) is 6.48. The molecule has 0 spiro atoms. The molecule has 0 aliphatic heterocycles. The van der Waals surface area contributed by atoms with E-state index in [2.05, 4.69) is 6.58 Å². The first-order chi connectivity index (χ1) is 12.9. The third-order valence-corrected chi connectivity index (χ3v) is 5.46. The second-order valence-corrected chi connectivity index (χ2v) is 7.65. The molecule has 0 saturated carbocycles. The van der Waals surface area contributed by atoms with Crippen molar-refractivity contribution in [3.05, 3.63) is 51.8 Å². The highest BCUT2D eigenvalue weighted by atomic mass is 32.2. The average Bonchev–Trinajstić information content (AvgIpc) is 2.65. The molecular weight excluding hydrogens is 360 g/mol. The molecule has 0 radical (unpaired) electrons. The van der Waals surface area contributed by atoms with E-state index in [-0.39, 0.29) is 17.1 Å². The molecule has 0 aliphatic rings. The SMILES string of the molecule is C=C(C)C(=O)OCCCCCSc1ccc2c(C)c(C#N)c(=O)n(C)c2c1. The standard InChI is InChI=1S/C21H24N2O3S/c1-14(2)21(25)26-10-6-5-7-11-27-16-8-9-17-15(3)18(13-22)20(24)23(4)19(17)12-16/h8-9,12H,1,5-7,10-11H2,2-4H3. The molecule has 1 aromatic heterocycles. The molecule has 1 aromatic carbocycles. The lowest BCUT2D eigenvalue weighted by Crippen LogP contribution is -2.21. The van der Waals surface area contributed by atoms with Gasteiger partial charge in [0, 0.05) is 22.9 Å². The third kappa shape index (κ3) is 5.01. The van der Waals surface area contributed by atoms with E-state index in [1.54, 1.807) is 30.3 Å². The molecule has 0 unspecified atom stereocenters. The summed E-state index contributed by atoms with van der Waals surface area (Å²) in [4.78, 5) is 24.7. The monoisotopic (exact) mass is 384 g/mol. The number of benzene rings is 1. The summed E-state index contributed by atoms with van der Waals surface area (Å²) in [6.45, 7) is 7.43. The van der Waals surface area contributed by atoms with E-state index in [4.69, 9.17) is 4.74 Å². The van der Waals surface area contributed by atoms with Crippen LogP contribution < -0.4 is 5.56 Å². The maximum atomic E-state index is 12.3. The summed E-state index contributed by atoms with van der Waals surface area (Å²) in [7, 11) is 1.70. The van der Waals surface area contributed by atoms with Crippen LogP contribution in [0.4, 0.5) is 0 Å². The lowest BCUT2D eigenvalue weighted by Gasteiger charge is -2.11. The molecule has 0 atom stereocenters. The number of ether oxygens (including phenoxy) is 1. The third-order valence-electron chi connectivity index (χ3n) is 4.38. The van der Waals surface area contributed by atoms with E-state index in [9.17, 15) is 14.9 Å². The molecule has 27 heavy (non-hydrogen) atoms. The quantitative estimate of drug-likeness (QED) is 0.296. The van der Waals surface area contributed by atoms with Gasteiger partial charge in [-0.05, 0) is 56.6 Å². The predicted octanol–water partition coefficient (Wildman–Crippen LogP) is 4.10. The van der Waals surface area contributed by atoms with Gasteiger partial charge in [0.05, 0.1) is 12.1 Å². The number of rotatable bonds is 8. The van der Waals surface area contributed by atoms with Gasteiger partial charge in [-0.15, -0.1) is 11.8 Å². The Labute approximate surface area is 163 Å². The Hall–Kier alpha value is -2.52. The highest BCUT2D eigenvalue weighted by Crippen LogP contribution is 2.26. The number of carbonyl (C=O) groups excluding carboxylic acids is 1. The second kappa shape index (κ2) is 9.43. The maximum Gasteiger partial charge on any atom is 0.333 e. The molecule has 0 saturated heterocycles. The van der Waals surface area contributed by atoms with Crippen molar-refractivity contribution in [2.24, 2.45) is 7.05 Å². The van der Waals surface area contributed by atoms with Gasteiger partial charge in [0.25, 0.3) is 5.56 Å². The number of carbonyl (C=O) groups is 1. The van der Waals surface area contributed by atoms with Gasteiger partial charge in [-0.2, -0.15) is 5.26 Å². The van der Waals surface area contributed by atoms with Crippen LogP contribution in [0.15, 0.2) is 40.0 Å². The Bertz CT molecular complexity index is 970. The number of pyridine rings is 1. The lowest BCUT2D eigenvalue weighted by molar-refractivity contribution is -0.139. The van der Waals surface area contributed by atoms with Crippen molar-refractivity contribution < 1.29 is 9.53 Å². The highest BCUT2D eigenvalue weighted by molar-refractivity contribution is 7.99. The number of fused-ring (bicyclic) bond motifs is 1. The first-order valence-corrected chi connectivity index (χ1v) is 9.84. The number of aryl methyl sites for hydroxylation is 2. The Morgan fingerprint density at radius 3 is 2.74 bits per heavy atom. The molecule has 142 valence electrons. The van der Waals surface area contributed by atoms with E-state index in [1.807, 2.05) is 31.2 Å². The van der Waals surface area contributed by atoms with Crippen LogP contribution in [0.1, 0.15) is 37.3 Å². The highest BCUT2D eigenvalue weighted by Gasteiger charge is 2.12. The van der Waals surface area contributed by atoms with Crippen LogP contribution in [0.25, 0.3) is 10.9 Å². The molecule has 0 aliphatic carbocycles. The normalized spacial score (nSPS) is 10.6. The van der Waals surface area contributed by atoms with Gasteiger partial charge in [0.2, 0.25) is 0 Å². The molecule has 0 amide bonds. The summed E-state index contributed by atoms with van der Waals surface area (Å²) in [5.74, 6) is 0.615. The van der Waals surface area contributed by atoms with E-state index in [0.29, 0.717) is 12.2 Å². The fraction of sp³-hybridized carbons (Fsp3) is 0.381. The number of hydrogen-bond donors (Lipinski definition) is 0. The zero-order valence-corrected chi connectivity index (χ0v) is 16.8. The summed E-state index contributed by atoms with van der Waals surface area (Å²) in [6.07, 6.45) is 2.83. The van der Waals surface area contributed by atoms with Crippen molar-refractivity contribution in [1.29, 1.82) is 5.26 Å². The number of thioether (sulfide) groups is 1. The maximum absolute atomic E-state index is 12.3. The summed E-state index contributed by atoms with van der Waals surface area (Å²) < 4.78 is 6.61. The smallest absolute Gasteiger partial charge is 0.333 e. The summed E-state index contributed by atoms with van der Waals surface area (Å²) in [5.41, 5.74) is 1.95. The number of nitriles is 1. The van der Waals surface area contributed by atoms with Crippen molar-refractivity contribution in [1.82, 2.24) is 4.57 Å². The fourth-order valence-corrected chi connectivity index (χ4v) is 3.70. The predicted molar refractivity (Wildman–Crippen MR) is 109 cm³/mol. The molecule has 2 aromatic rings. The zero-order valence-electron chi connectivity index (χ0n) is 16.0. The molecule has 6 heteroatoms. The fourth-order valence-electron chi connectivity index (χ4n) is 2.76. The molecule has 0 fully saturated rings. The number of esters is 1. The summed E-state index contributed by atoms with van der Waals surface area (Å²) in [6, 6.07) is 8.02. The van der Waals surface area contributed by atoms with E-state index in [1.165, 1.54) is 0 Å². The van der Waals surface area contributed by atoms with Crippen molar-refractivity contribution >= 4 is 28.6 Å². The van der Waals surface area contributed by atoms with Crippen molar-refractivity contribution in [3.63, 3.8) is 0 Å². The van der Waals surface area contributed by atoms with Crippen molar-refractivity contribution in [2.75, 3.05) is 12.4 Å². The Kier molecular flexibility index (Phi) is 7.26. The minimum Gasteiger partial charge on any atom is -0.462 e. The molecule has 0 bridgehead atoms. The summed E-state index contributed by atoms with van der Waals surface area (Å²) in [5, 5.41) is 10.1. The van der Waals surface area contributed by atoms with Crippen LogP contribution in [0.5, 0.6) is 0 Å². The van der Waals surface area contributed by atoms with E-state index < -0.39 is 0 Å². The van der Waals surface area contributed by atoms with E-state index in [0.717, 1.165) is 46.4 Å². The Morgan fingerprint density at radius 2 is 2.07 bits per heavy atom. The van der Waals surface area contributed by atoms with Gasteiger partial charge < -0.3 is 9.30 Å². The van der Waals surface area contributed by atoms with Gasteiger partial charge in [0.15, 0.2) is 0 Å².